The molecule has 1 fully saturated rings. The minimum absolute atomic E-state index is 0.0569. The maximum absolute atomic E-state index is 14.1. The molecular weight excluding hydrogens is 361 g/mol. The van der Waals surface area contributed by atoms with E-state index < -0.39 is 14.6 Å². The second-order valence-electron chi connectivity index (χ2n) is 9.15. The van der Waals surface area contributed by atoms with E-state index in [1.807, 2.05) is 6.92 Å². The van der Waals surface area contributed by atoms with Gasteiger partial charge in [-0.05, 0) is 49.9 Å². The lowest BCUT2D eigenvalue weighted by Gasteiger charge is -2.56. The van der Waals surface area contributed by atoms with Crippen molar-refractivity contribution >= 4 is 20.7 Å². The Balaban J connectivity index is 1.94. The third-order valence-corrected chi connectivity index (χ3v) is 7.14. The van der Waals surface area contributed by atoms with E-state index in [4.69, 9.17) is 4.43 Å². The highest BCUT2D eigenvalue weighted by atomic mass is 28.3. The number of halogens is 1. The van der Waals surface area contributed by atoms with Crippen molar-refractivity contribution in [3.05, 3.63) is 35.1 Å². The summed E-state index contributed by atoms with van der Waals surface area (Å²) in [6.45, 7) is 12.4. The van der Waals surface area contributed by atoms with Crippen molar-refractivity contribution in [1.29, 1.82) is 0 Å². The zero-order chi connectivity index (χ0) is 20.1. The number of amides is 1. The summed E-state index contributed by atoms with van der Waals surface area (Å²) in [4.78, 5) is 25.7. The number of ketones is 1. The van der Waals surface area contributed by atoms with Crippen molar-refractivity contribution in [2.45, 2.75) is 65.3 Å². The smallest absolute Gasteiger partial charge is 0.228 e. The van der Waals surface area contributed by atoms with Crippen LogP contribution in [-0.4, -0.2) is 32.4 Å². The molecule has 1 aromatic rings. The number of fused-ring (bicyclic) bond motifs is 1. The molecule has 1 aromatic carbocycles. The van der Waals surface area contributed by atoms with E-state index in [2.05, 4.69) is 39.2 Å². The van der Waals surface area contributed by atoms with Crippen molar-refractivity contribution in [3.63, 3.8) is 0 Å². The summed E-state index contributed by atoms with van der Waals surface area (Å²) in [6, 6.07) is 4.40. The lowest BCUT2D eigenvalue weighted by atomic mass is 9.60. The van der Waals surface area contributed by atoms with Crippen LogP contribution in [0.4, 0.5) is 4.39 Å². The Morgan fingerprint density at radius 3 is 2.41 bits per heavy atom. The number of carbonyl (C=O) groups is 2. The molecule has 6 heteroatoms. The van der Waals surface area contributed by atoms with Crippen molar-refractivity contribution in [2.75, 3.05) is 0 Å². The van der Waals surface area contributed by atoms with E-state index in [0.29, 0.717) is 24.0 Å². The van der Waals surface area contributed by atoms with Gasteiger partial charge in [0.05, 0.1) is 17.6 Å². The van der Waals surface area contributed by atoms with E-state index in [0.717, 1.165) is 0 Å². The fourth-order valence-corrected chi connectivity index (χ4v) is 5.74. The number of Topliss-reactive ketones (excluding diaryl/α,β-unsaturated/α-hetero) is 1. The quantitative estimate of drug-likeness (QED) is 0.629. The van der Waals surface area contributed by atoms with Crippen LogP contribution in [0.1, 0.15) is 50.0 Å². The van der Waals surface area contributed by atoms with Crippen LogP contribution in [0.3, 0.4) is 0 Å². The first-order valence-corrected chi connectivity index (χ1v) is 12.0. The molecule has 0 bridgehead atoms. The predicted octanol–water partition coefficient (Wildman–Crippen LogP) is 3.76. The Morgan fingerprint density at radius 2 is 1.85 bits per heavy atom. The molecule has 1 N–H and O–H groups in total. The van der Waals surface area contributed by atoms with E-state index in [9.17, 15) is 14.0 Å². The number of nitrogens with one attached hydrogen (secondary N) is 1. The largest absolute Gasteiger partial charge is 0.411 e. The summed E-state index contributed by atoms with van der Waals surface area (Å²) in [5, 5.41) is 2.97. The maximum atomic E-state index is 14.1. The molecule has 1 aliphatic heterocycles. The Morgan fingerprint density at radius 1 is 1.19 bits per heavy atom. The first-order valence-electron chi connectivity index (χ1n) is 9.58. The fourth-order valence-electron chi connectivity index (χ4n) is 4.45. The molecule has 1 aliphatic carbocycles. The fraction of sp³-hybridized carbons (Fsp3) is 0.619. The average Bonchev–Trinajstić information content (AvgIpc) is 2.52. The summed E-state index contributed by atoms with van der Waals surface area (Å²) in [7, 11) is -1.05. The van der Waals surface area contributed by atoms with Gasteiger partial charge in [0, 0.05) is 11.5 Å². The van der Waals surface area contributed by atoms with Crippen LogP contribution in [0.5, 0.6) is 0 Å². The van der Waals surface area contributed by atoms with Gasteiger partial charge in [0.2, 0.25) is 14.9 Å². The maximum Gasteiger partial charge on any atom is 0.228 e. The molecule has 4 atom stereocenters. The highest BCUT2D eigenvalue weighted by Crippen LogP contribution is 2.47. The van der Waals surface area contributed by atoms with Crippen molar-refractivity contribution in [3.8, 4) is 0 Å². The van der Waals surface area contributed by atoms with E-state index in [-0.39, 0.29) is 40.8 Å². The van der Waals surface area contributed by atoms with Crippen molar-refractivity contribution in [2.24, 2.45) is 17.3 Å². The van der Waals surface area contributed by atoms with Gasteiger partial charge in [0.1, 0.15) is 5.82 Å². The number of hydrogen-bond acceptors (Lipinski definition) is 3. The molecule has 1 radical (unpaired) electrons. The van der Waals surface area contributed by atoms with Gasteiger partial charge in [-0.15, -0.1) is 0 Å². The Hall–Kier alpha value is -1.53. The SMILES string of the molecule is C[Si](C)O[C@](C)([C@H]1C(=O)N[C@@H]1[C@H]1CCc2c(F)cccc2C1=O)C(C)(C)C. The minimum atomic E-state index is -1.05. The van der Waals surface area contributed by atoms with Gasteiger partial charge in [-0.3, -0.25) is 9.59 Å². The second-order valence-corrected chi connectivity index (χ2v) is 11.2. The van der Waals surface area contributed by atoms with Crippen LogP contribution in [0.25, 0.3) is 0 Å². The van der Waals surface area contributed by atoms with Crippen molar-refractivity contribution < 1.29 is 18.4 Å². The normalized spacial score (nSPS) is 27.6. The first kappa shape index (κ1) is 20.2. The third-order valence-electron chi connectivity index (χ3n) is 6.31. The summed E-state index contributed by atoms with van der Waals surface area (Å²) >= 11 is 0. The van der Waals surface area contributed by atoms with Crippen molar-refractivity contribution in [1.82, 2.24) is 5.32 Å². The lowest BCUT2D eigenvalue weighted by molar-refractivity contribution is -0.161. The number of hydrogen-bond donors (Lipinski definition) is 1. The number of carbonyl (C=O) groups excluding carboxylic acids is 2. The Bertz CT molecular complexity index is 773. The molecule has 1 amide bonds. The van der Waals surface area contributed by atoms with Crippen LogP contribution >= 0.6 is 0 Å². The summed E-state index contributed by atoms with van der Waals surface area (Å²) in [6.07, 6.45) is 1.06. The third kappa shape index (κ3) is 3.27. The lowest BCUT2D eigenvalue weighted by Crippen LogP contribution is -2.73. The highest BCUT2D eigenvalue weighted by Gasteiger charge is 2.60. The molecule has 2 aliphatic rings. The van der Waals surface area contributed by atoms with E-state index in [1.165, 1.54) is 6.07 Å². The van der Waals surface area contributed by atoms with Gasteiger partial charge in [-0.25, -0.2) is 4.39 Å². The van der Waals surface area contributed by atoms with Gasteiger partial charge in [-0.1, -0.05) is 32.9 Å². The molecule has 147 valence electrons. The van der Waals surface area contributed by atoms with Gasteiger partial charge in [0.15, 0.2) is 5.78 Å². The molecule has 0 saturated carbocycles. The molecule has 0 unspecified atom stereocenters. The summed E-state index contributed by atoms with van der Waals surface area (Å²) < 4.78 is 20.4. The highest BCUT2D eigenvalue weighted by molar-refractivity contribution is 6.48. The van der Waals surface area contributed by atoms with Crippen LogP contribution in [-0.2, 0) is 15.6 Å². The van der Waals surface area contributed by atoms with Crippen LogP contribution in [0, 0.1) is 23.1 Å². The van der Waals surface area contributed by atoms with E-state index >= 15 is 0 Å². The minimum Gasteiger partial charge on any atom is -0.411 e. The number of β-lactam (4-membered cyclic amide) rings is 1. The zero-order valence-electron chi connectivity index (χ0n) is 17.0. The molecule has 0 spiro atoms. The summed E-state index contributed by atoms with van der Waals surface area (Å²) in [5.41, 5.74) is 0.0288. The first-order chi connectivity index (χ1) is 12.5. The number of rotatable bonds is 4. The van der Waals surface area contributed by atoms with Gasteiger partial charge >= 0.3 is 0 Å². The monoisotopic (exact) mass is 390 g/mol. The zero-order valence-corrected chi connectivity index (χ0v) is 18.0. The molecule has 27 heavy (non-hydrogen) atoms. The van der Waals surface area contributed by atoms with Crippen LogP contribution in [0.15, 0.2) is 18.2 Å². The topological polar surface area (TPSA) is 55.4 Å². The van der Waals surface area contributed by atoms with Crippen LogP contribution < -0.4 is 5.32 Å². The molecular formula is C21H29FNO3Si. The molecule has 4 nitrogen and oxygen atoms in total. The Labute approximate surface area is 162 Å². The van der Waals surface area contributed by atoms with Gasteiger partial charge in [0.25, 0.3) is 0 Å². The van der Waals surface area contributed by atoms with Crippen LogP contribution in [0.2, 0.25) is 13.1 Å². The molecule has 1 saturated heterocycles. The number of benzene rings is 1. The second kappa shape index (κ2) is 6.81. The average molecular weight is 391 g/mol. The predicted molar refractivity (Wildman–Crippen MR) is 104 cm³/mol. The van der Waals surface area contributed by atoms with Gasteiger partial charge < -0.3 is 9.74 Å². The molecule has 1 heterocycles. The molecule has 0 aromatic heterocycles. The summed E-state index contributed by atoms with van der Waals surface area (Å²) in [5.74, 6) is -1.17. The molecule has 3 rings (SSSR count). The van der Waals surface area contributed by atoms with Gasteiger partial charge in [-0.2, -0.15) is 0 Å². The standard InChI is InChI=1S/C21H29FNO3Si/c1-20(2,3)21(4,26-27(5)6)16-17(23-19(16)25)14-11-10-12-13(18(14)24)8-7-9-15(12)22/h7-9,14,16-17H,10-11H2,1-6H3,(H,23,25)/t14-,16-,17-,21-/m1/s1. The Kier molecular flexibility index (Phi) is 5.10. The van der Waals surface area contributed by atoms with E-state index in [1.54, 1.807) is 12.1 Å².